The maximum atomic E-state index is 12.1. The van der Waals surface area contributed by atoms with Gasteiger partial charge in [0, 0.05) is 46.8 Å². The minimum absolute atomic E-state index is 0.550. The number of nitrogens with zero attached hydrogens (tertiary/aromatic N) is 3. The van der Waals surface area contributed by atoms with Crippen LogP contribution in [0.15, 0.2) is 24.3 Å². The molecule has 1 fully saturated rings. The highest BCUT2D eigenvalue weighted by Gasteiger charge is 2.28. The van der Waals surface area contributed by atoms with Gasteiger partial charge in [0.25, 0.3) is 10.2 Å². The predicted octanol–water partition coefficient (Wildman–Crippen LogP) is 1.73. The zero-order valence-electron chi connectivity index (χ0n) is 14.0. The molecule has 1 aliphatic heterocycles. The van der Waals surface area contributed by atoms with E-state index in [4.69, 9.17) is 0 Å². The second-order valence-corrected chi connectivity index (χ2v) is 8.50. The van der Waals surface area contributed by atoms with Crippen molar-refractivity contribution in [1.82, 2.24) is 13.5 Å². The number of benzene rings is 1. The Labute approximate surface area is 134 Å². The van der Waals surface area contributed by atoms with Crippen molar-refractivity contribution in [3.05, 3.63) is 35.4 Å². The zero-order valence-corrected chi connectivity index (χ0v) is 14.8. The predicted molar refractivity (Wildman–Crippen MR) is 90.0 cm³/mol. The summed E-state index contributed by atoms with van der Waals surface area (Å²) in [5, 5.41) is 0. The van der Waals surface area contributed by atoms with Crippen LogP contribution in [0.5, 0.6) is 0 Å². The fourth-order valence-electron chi connectivity index (χ4n) is 2.62. The van der Waals surface area contributed by atoms with E-state index in [0.717, 1.165) is 19.6 Å². The van der Waals surface area contributed by atoms with Gasteiger partial charge in [0.2, 0.25) is 0 Å². The summed E-state index contributed by atoms with van der Waals surface area (Å²) in [6.45, 7) is 7.94. The van der Waals surface area contributed by atoms with Gasteiger partial charge in [-0.15, -0.1) is 0 Å². The van der Waals surface area contributed by atoms with Crippen LogP contribution >= 0.6 is 0 Å². The van der Waals surface area contributed by atoms with E-state index < -0.39 is 10.2 Å². The van der Waals surface area contributed by atoms with Gasteiger partial charge in [0.15, 0.2) is 0 Å². The highest BCUT2D eigenvalue weighted by Crippen LogP contribution is 2.17. The molecule has 6 heteroatoms. The van der Waals surface area contributed by atoms with E-state index >= 15 is 0 Å². The van der Waals surface area contributed by atoms with Crippen LogP contribution < -0.4 is 0 Å². The molecule has 0 aromatic heterocycles. The Morgan fingerprint density at radius 3 is 2.05 bits per heavy atom. The maximum absolute atomic E-state index is 12.1. The number of hydrogen-bond acceptors (Lipinski definition) is 3. The average Bonchev–Trinajstić information content (AvgIpc) is 2.48. The van der Waals surface area contributed by atoms with Crippen LogP contribution in [-0.4, -0.2) is 62.2 Å². The van der Waals surface area contributed by atoms with Crippen molar-refractivity contribution >= 4 is 10.2 Å². The summed E-state index contributed by atoms with van der Waals surface area (Å²) in [4.78, 5) is 2.31. The summed E-state index contributed by atoms with van der Waals surface area (Å²) < 4.78 is 27.0. The molecule has 0 amide bonds. The Morgan fingerprint density at radius 1 is 1.05 bits per heavy atom. The molecule has 0 unspecified atom stereocenters. The monoisotopic (exact) mass is 325 g/mol. The third-order valence-electron chi connectivity index (χ3n) is 4.17. The quantitative estimate of drug-likeness (QED) is 0.828. The largest absolute Gasteiger partial charge is 0.296 e. The molecule has 0 saturated carbocycles. The Kier molecular flexibility index (Phi) is 5.60. The van der Waals surface area contributed by atoms with Crippen molar-refractivity contribution in [1.29, 1.82) is 0 Å². The van der Waals surface area contributed by atoms with Gasteiger partial charge in [0.1, 0.15) is 0 Å². The topological polar surface area (TPSA) is 43.9 Å². The Balaban J connectivity index is 1.90. The molecule has 124 valence electrons. The van der Waals surface area contributed by atoms with Crippen LogP contribution in [-0.2, 0) is 16.8 Å². The van der Waals surface area contributed by atoms with Crippen LogP contribution in [0.2, 0.25) is 0 Å². The number of piperazine rings is 1. The van der Waals surface area contributed by atoms with Gasteiger partial charge in [-0.25, -0.2) is 0 Å². The lowest BCUT2D eigenvalue weighted by Crippen LogP contribution is -2.51. The summed E-state index contributed by atoms with van der Waals surface area (Å²) in [5.41, 5.74) is 2.64. The molecule has 1 heterocycles. The van der Waals surface area contributed by atoms with Crippen LogP contribution in [0.25, 0.3) is 0 Å². The highest BCUT2D eigenvalue weighted by molar-refractivity contribution is 7.86. The lowest BCUT2D eigenvalue weighted by molar-refractivity contribution is 0.177. The summed E-state index contributed by atoms with van der Waals surface area (Å²) in [5.74, 6) is 0.550. The normalized spacial score (nSPS) is 18.3. The summed E-state index contributed by atoms with van der Waals surface area (Å²) in [6.07, 6.45) is 0. The van der Waals surface area contributed by atoms with Crippen molar-refractivity contribution in [2.24, 2.45) is 0 Å². The lowest BCUT2D eigenvalue weighted by atomic mass is 10.0. The molecule has 1 aliphatic rings. The zero-order chi connectivity index (χ0) is 16.3. The van der Waals surface area contributed by atoms with Gasteiger partial charge >= 0.3 is 0 Å². The van der Waals surface area contributed by atoms with E-state index in [0.29, 0.717) is 19.0 Å². The molecule has 5 nitrogen and oxygen atoms in total. The van der Waals surface area contributed by atoms with Crippen molar-refractivity contribution in [3.63, 3.8) is 0 Å². The molecular weight excluding hydrogens is 298 g/mol. The highest BCUT2D eigenvalue weighted by atomic mass is 32.2. The summed E-state index contributed by atoms with van der Waals surface area (Å²) >= 11 is 0. The molecule has 0 aliphatic carbocycles. The Hall–Kier alpha value is -0.950. The van der Waals surface area contributed by atoms with E-state index in [1.807, 2.05) is 0 Å². The van der Waals surface area contributed by atoms with Crippen LogP contribution in [0, 0.1) is 0 Å². The van der Waals surface area contributed by atoms with Crippen molar-refractivity contribution in [2.45, 2.75) is 26.3 Å². The van der Waals surface area contributed by atoms with Crippen molar-refractivity contribution in [2.75, 3.05) is 40.3 Å². The lowest BCUT2D eigenvalue weighted by Gasteiger charge is -2.35. The molecule has 1 aromatic rings. The van der Waals surface area contributed by atoms with E-state index in [9.17, 15) is 8.42 Å². The van der Waals surface area contributed by atoms with Crippen LogP contribution in [0.4, 0.5) is 0 Å². The van der Waals surface area contributed by atoms with Crippen LogP contribution in [0.1, 0.15) is 30.9 Å². The third kappa shape index (κ3) is 4.07. The maximum Gasteiger partial charge on any atom is 0.281 e. The van der Waals surface area contributed by atoms with Gasteiger partial charge in [-0.2, -0.15) is 17.0 Å². The van der Waals surface area contributed by atoms with E-state index in [-0.39, 0.29) is 0 Å². The standard InChI is InChI=1S/C16H27N3O2S/c1-14(2)16-7-5-15(6-8-16)13-18-9-11-19(12-10-18)22(20,21)17(3)4/h5-8,14H,9-13H2,1-4H3. The first kappa shape index (κ1) is 17.4. The van der Waals surface area contributed by atoms with Crippen molar-refractivity contribution in [3.8, 4) is 0 Å². The molecule has 0 radical (unpaired) electrons. The fraction of sp³-hybridized carbons (Fsp3) is 0.625. The molecule has 0 spiro atoms. The first-order valence-electron chi connectivity index (χ1n) is 7.79. The Morgan fingerprint density at radius 2 is 1.59 bits per heavy atom. The number of hydrogen-bond donors (Lipinski definition) is 0. The average molecular weight is 325 g/mol. The minimum atomic E-state index is -3.27. The molecule has 0 N–H and O–H groups in total. The first-order chi connectivity index (χ1) is 10.3. The van der Waals surface area contributed by atoms with E-state index in [2.05, 4.69) is 43.0 Å². The second-order valence-electron chi connectivity index (χ2n) is 6.36. The van der Waals surface area contributed by atoms with Crippen molar-refractivity contribution < 1.29 is 8.42 Å². The fourth-order valence-corrected chi connectivity index (χ4v) is 3.70. The van der Waals surface area contributed by atoms with E-state index in [1.165, 1.54) is 15.4 Å². The second kappa shape index (κ2) is 7.08. The van der Waals surface area contributed by atoms with Gasteiger partial charge in [-0.1, -0.05) is 38.1 Å². The van der Waals surface area contributed by atoms with Gasteiger partial charge in [-0.05, 0) is 17.0 Å². The first-order valence-corrected chi connectivity index (χ1v) is 9.19. The van der Waals surface area contributed by atoms with Gasteiger partial charge < -0.3 is 0 Å². The number of rotatable bonds is 5. The summed E-state index contributed by atoms with van der Waals surface area (Å²) in [6, 6.07) is 8.73. The smallest absolute Gasteiger partial charge is 0.281 e. The molecule has 0 bridgehead atoms. The third-order valence-corrected chi connectivity index (χ3v) is 6.11. The molecular formula is C16H27N3O2S. The Bertz CT molecular complexity index is 574. The van der Waals surface area contributed by atoms with Crippen LogP contribution in [0.3, 0.4) is 0 Å². The molecule has 1 aromatic carbocycles. The molecule has 2 rings (SSSR count). The molecule has 0 atom stereocenters. The van der Waals surface area contributed by atoms with Gasteiger partial charge in [0.05, 0.1) is 0 Å². The SMILES string of the molecule is CC(C)c1ccc(CN2CCN(S(=O)(=O)N(C)C)CC2)cc1. The molecule has 22 heavy (non-hydrogen) atoms. The minimum Gasteiger partial charge on any atom is -0.296 e. The van der Waals surface area contributed by atoms with Gasteiger partial charge in [-0.3, -0.25) is 4.90 Å². The molecule has 1 saturated heterocycles. The van der Waals surface area contributed by atoms with E-state index in [1.54, 1.807) is 18.4 Å². The summed E-state index contributed by atoms with van der Waals surface area (Å²) in [7, 11) is -0.109.